The van der Waals surface area contributed by atoms with E-state index >= 15 is 0 Å². The predicted octanol–water partition coefficient (Wildman–Crippen LogP) is 6.81. The standard InChI is InChI=1S/C20H40.C2H4N2O2.C2H6/c1-3-5-7-9-11-13-15-17-19-20-18-16-14-12-10-8-6-4-2;3-1(5)2(4)6;1-2/h17,19H,3-16,18,20H2,1-2H3;(H2,3,5)(H2,4,6);1-2H3/b19-17-;;. The van der Waals surface area contributed by atoms with Crippen molar-refractivity contribution in [3.8, 4) is 0 Å². The molecule has 0 unspecified atom stereocenters. The first kappa shape index (κ1) is 31.4. The van der Waals surface area contributed by atoms with Crippen LogP contribution >= 0.6 is 0 Å². The third-order valence-electron chi connectivity index (χ3n) is 4.36. The van der Waals surface area contributed by atoms with Crippen LogP contribution < -0.4 is 11.5 Å². The SMILES string of the molecule is CC.CCCCCCCC/C=C\CCCCCCCCCC.NC(=O)C(N)=O. The Morgan fingerprint density at radius 3 is 1.04 bits per heavy atom. The second-order valence-corrected chi connectivity index (χ2v) is 7.02. The number of carbonyl (C=O) groups excluding carboxylic acids is 2. The number of unbranched alkanes of at least 4 members (excludes halogenated alkanes) is 14. The molecule has 0 atom stereocenters. The van der Waals surface area contributed by atoms with Crippen LogP contribution in [0, 0.1) is 0 Å². The lowest BCUT2D eigenvalue weighted by Gasteiger charge is -2.00. The molecular formula is C24H50N2O2. The Hall–Kier alpha value is -1.32. The second-order valence-electron chi connectivity index (χ2n) is 7.02. The van der Waals surface area contributed by atoms with E-state index in [1.807, 2.05) is 13.8 Å². The molecule has 0 bridgehead atoms. The zero-order chi connectivity index (χ0) is 21.9. The van der Waals surface area contributed by atoms with Crippen LogP contribution in [0.25, 0.3) is 0 Å². The fourth-order valence-corrected chi connectivity index (χ4v) is 2.67. The Balaban J connectivity index is -0.000000660. The fraction of sp³-hybridized carbons (Fsp3) is 0.833. The van der Waals surface area contributed by atoms with Crippen LogP contribution in [0.2, 0.25) is 0 Å². The molecule has 0 saturated carbocycles. The van der Waals surface area contributed by atoms with Crippen molar-refractivity contribution >= 4 is 11.8 Å². The molecule has 4 heteroatoms. The molecule has 0 fully saturated rings. The Morgan fingerprint density at radius 1 is 0.536 bits per heavy atom. The lowest BCUT2D eigenvalue weighted by Crippen LogP contribution is -2.29. The lowest BCUT2D eigenvalue weighted by atomic mass is 10.1. The molecule has 0 heterocycles. The molecule has 0 aromatic carbocycles. The summed E-state index contributed by atoms with van der Waals surface area (Å²) in [6, 6.07) is 0. The van der Waals surface area contributed by atoms with E-state index in [0.717, 1.165) is 0 Å². The topological polar surface area (TPSA) is 86.2 Å². The van der Waals surface area contributed by atoms with Gasteiger partial charge in [0, 0.05) is 0 Å². The minimum absolute atomic E-state index is 1.10. The van der Waals surface area contributed by atoms with E-state index in [9.17, 15) is 9.59 Å². The van der Waals surface area contributed by atoms with Crippen molar-refractivity contribution < 1.29 is 9.59 Å². The molecule has 0 rings (SSSR count). The van der Waals surface area contributed by atoms with Gasteiger partial charge in [-0.05, 0) is 25.7 Å². The van der Waals surface area contributed by atoms with Crippen LogP contribution in [0.4, 0.5) is 0 Å². The predicted molar refractivity (Wildman–Crippen MR) is 124 cm³/mol. The first-order valence-electron chi connectivity index (χ1n) is 11.8. The maximum absolute atomic E-state index is 9.45. The summed E-state index contributed by atoms with van der Waals surface area (Å²) < 4.78 is 0. The van der Waals surface area contributed by atoms with Crippen molar-refractivity contribution in [1.29, 1.82) is 0 Å². The van der Waals surface area contributed by atoms with Crippen molar-refractivity contribution in [1.82, 2.24) is 0 Å². The van der Waals surface area contributed by atoms with Gasteiger partial charge in [-0.1, -0.05) is 117 Å². The van der Waals surface area contributed by atoms with Gasteiger partial charge in [-0.15, -0.1) is 0 Å². The molecule has 0 aliphatic heterocycles. The number of hydrogen-bond donors (Lipinski definition) is 2. The smallest absolute Gasteiger partial charge is 0.306 e. The van der Waals surface area contributed by atoms with E-state index in [2.05, 4.69) is 37.5 Å². The van der Waals surface area contributed by atoms with Crippen LogP contribution in [0.5, 0.6) is 0 Å². The molecule has 0 spiro atoms. The maximum Gasteiger partial charge on any atom is 0.306 e. The van der Waals surface area contributed by atoms with Crippen molar-refractivity contribution in [3.05, 3.63) is 12.2 Å². The average Bonchev–Trinajstić information content (AvgIpc) is 2.69. The normalized spacial score (nSPS) is 10.0. The summed E-state index contributed by atoms with van der Waals surface area (Å²) >= 11 is 0. The first-order chi connectivity index (χ1) is 13.6. The third-order valence-corrected chi connectivity index (χ3v) is 4.36. The fourth-order valence-electron chi connectivity index (χ4n) is 2.67. The van der Waals surface area contributed by atoms with Gasteiger partial charge in [-0.2, -0.15) is 0 Å². The lowest BCUT2D eigenvalue weighted by molar-refractivity contribution is -0.135. The molecular weight excluding hydrogens is 348 g/mol. The number of rotatable bonds is 16. The van der Waals surface area contributed by atoms with Crippen LogP contribution in [0.1, 0.15) is 130 Å². The molecule has 4 nitrogen and oxygen atoms in total. The van der Waals surface area contributed by atoms with Gasteiger partial charge in [0.15, 0.2) is 0 Å². The summed E-state index contributed by atoms with van der Waals surface area (Å²) in [6.45, 7) is 8.57. The number of primary amides is 2. The minimum Gasteiger partial charge on any atom is -0.361 e. The van der Waals surface area contributed by atoms with E-state index < -0.39 is 11.8 Å². The number of allylic oxidation sites excluding steroid dienone is 2. The molecule has 168 valence electrons. The number of carbonyl (C=O) groups is 2. The quantitative estimate of drug-likeness (QED) is 0.170. The van der Waals surface area contributed by atoms with Crippen LogP contribution in [0.15, 0.2) is 12.2 Å². The average molecular weight is 399 g/mol. The molecule has 0 aromatic heterocycles. The summed E-state index contributed by atoms with van der Waals surface area (Å²) in [5.74, 6) is -2.20. The van der Waals surface area contributed by atoms with Gasteiger partial charge in [0.05, 0.1) is 0 Å². The van der Waals surface area contributed by atoms with Crippen molar-refractivity contribution in [2.24, 2.45) is 11.5 Å². The van der Waals surface area contributed by atoms with Crippen LogP contribution in [-0.2, 0) is 9.59 Å². The van der Waals surface area contributed by atoms with E-state index in [1.165, 1.54) is 103 Å². The van der Waals surface area contributed by atoms with Gasteiger partial charge in [0.25, 0.3) is 0 Å². The Kier molecular flexibility index (Phi) is 34.1. The van der Waals surface area contributed by atoms with Crippen molar-refractivity contribution in [2.45, 2.75) is 130 Å². The van der Waals surface area contributed by atoms with Crippen molar-refractivity contribution in [3.63, 3.8) is 0 Å². The van der Waals surface area contributed by atoms with Crippen LogP contribution in [-0.4, -0.2) is 11.8 Å². The molecule has 28 heavy (non-hydrogen) atoms. The third kappa shape index (κ3) is 35.7. The first-order valence-corrected chi connectivity index (χ1v) is 11.8. The maximum atomic E-state index is 9.45. The van der Waals surface area contributed by atoms with E-state index in [-0.39, 0.29) is 0 Å². The van der Waals surface area contributed by atoms with Gasteiger partial charge >= 0.3 is 11.8 Å². The zero-order valence-electron chi connectivity index (χ0n) is 19.4. The zero-order valence-corrected chi connectivity index (χ0v) is 19.4. The second kappa shape index (κ2) is 30.4. The summed E-state index contributed by atoms with van der Waals surface area (Å²) in [5.41, 5.74) is 8.64. The largest absolute Gasteiger partial charge is 0.361 e. The highest BCUT2D eigenvalue weighted by atomic mass is 16.2. The van der Waals surface area contributed by atoms with Gasteiger partial charge in [0.1, 0.15) is 0 Å². The number of nitrogens with two attached hydrogens (primary N) is 2. The number of hydrogen-bond acceptors (Lipinski definition) is 2. The highest BCUT2D eigenvalue weighted by molar-refractivity contribution is 6.33. The van der Waals surface area contributed by atoms with Gasteiger partial charge in [-0.25, -0.2) is 0 Å². The Bertz CT molecular complexity index is 329. The molecule has 0 aromatic rings. The van der Waals surface area contributed by atoms with E-state index in [4.69, 9.17) is 0 Å². The highest BCUT2D eigenvalue weighted by Crippen LogP contribution is 2.10. The molecule has 0 aliphatic rings. The molecule has 4 N–H and O–H groups in total. The number of amides is 2. The van der Waals surface area contributed by atoms with Gasteiger partial charge < -0.3 is 11.5 Å². The summed E-state index contributed by atoms with van der Waals surface area (Å²) in [7, 11) is 0. The molecule has 0 saturated heterocycles. The van der Waals surface area contributed by atoms with E-state index in [0.29, 0.717) is 0 Å². The summed E-state index contributed by atoms with van der Waals surface area (Å²) in [6.07, 6.45) is 27.4. The molecule has 2 amide bonds. The summed E-state index contributed by atoms with van der Waals surface area (Å²) in [5, 5.41) is 0. The monoisotopic (exact) mass is 398 g/mol. The van der Waals surface area contributed by atoms with E-state index in [1.54, 1.807) is 0 Å². The Labute approximate surface area is 175 Å². The van der Waals surface area contributed by atoms with Gasteiger partial charge in [0.2, 0.25) is 0 Å². The summed E-state index contributed by atoms with van der Waals surface area (Å²) in [4.78, 5) is 18.9. The Morgan fingerprint density at radius 2 is 0.786 bits per heavy atom. The molecule has 0 radical (unpaired) electrons. The highest BCUT2D eigenvalue weighted by Gasteiger charge is 1.96. The van der Waals surface area contributed by atoms with Crippen LogP contribution in [0.3, 0.4) is 0 Å². The molecule has 0 aliphatic carbocycles. The van der Waals surface area contributed by atoms with Crippen molar-refractivity contribution in [2.75, 3.05) is 0 Å². The minimum atomic E-state index is -1.10. The van der Waals surface area contributed by atoms with Gasteiger partial charge in [-0.3, -0.25) is 9.59 Å².